The van der Waals surface area contributed by atoms with Crippen molar-refractivity contribution in [2.24, 2.45) is 5.92 Å². The van der Waals surface area contributed by atoms with Gasteiger partial charge in [-0.1, -0.05) is 36.4 Å². The van der Waals surface area contributed by atoms with Gasteiger partial charge in [-0.15, -0.1) is 0 Å². The molecule has 2 N–H and O–H groups in total. The van der Waals surface area contributed by atoms with Crippen LogP contribution in [0.15, 0.2) is 48.5 Å². The monoisotopic (exact) mass is 324 g/mol. The van der Waals surface area contributed by atoms with E-state index in [2.05, 4.69) is 58.0 Å². The van der Waals surface area contributed by atoms with Crippen LogP contribution in [0.3, 0.4) is 0 Å². The van der Waals surface area contributed by atoms with Crippen LogP contribution in [-0.2, 0) is 6.54 Å². The minimum atomic E-state index is -0.415. The molecule has 0 amide bonds. The zero-order valence-electron chi connectivity index (χ0n) is 13.8. The van der Waals surface area contributed by atoms with Gasteiger partial charge in [-0.05, 0) is 31.0 Å². The van der Waals surface area contributed by atoms with Gasteiger partial charge in [0.1, 0.15) is 0 Å². The predicted molar refractivity (Wildman–Crippen MR) is 97.1 cm³/mol. The lowest BCUT2D eigenvalue weighted by atomic mass is 10.1. The van der Waals surface area contributed by atoms with E-state index in [1.807, 2.05) is 0 Å². The van der Waals surface area contributed by atoms with Crippen molar-refractivity contribution in [2.45, 2.75) is 19.1 Å². The Balaban J connectivity index is 1.59. The molecule has 4 rings (SSSR count). The van der Waals surface area contributed by atoms with Crippen LogP contribution in [0.1, 0.15) is 6.42 Å². The summed E-state index contributed by atoms with van der Waals surface area (Å²) in [6.45, 7) is 3.36. The Morgan fingerprint density at radius 1 is 0.958 bits per heavy atom. The third-order valence-electron chi connectivity index (χ3n) is 5.17. The Bertz CT molecular complexity index is 789. The number of β-amino-alcohol motifs (C(OH)–C–C–N with tert-alkyl or cyclic N) is 1. The number of rotatable bonds is 5. The molecule has 24 heavy (non-hydrogen) atoms. The average Bonchev–Trinajstić information content (AvgIpc) is 3.19. The summed E-state index contributed by atoms with van der Waals surface area (Å²) in [7, 11) is 0. The Morgan fingerprint density at radius 3 is 2.17 bits per heavy atom. The summed E-state index contributed by atoms with van der Waals surface area (Å²) in [5.74, 6) is 0.366. The summed E-state index contributed by atoms with van der Waals surface area (Å²) in [4.78, 5) is 2.26. The molecule has 126 valence electrons. The van der Waals surface area contributed by atoms with Crippen molar-refractivity contribution < 1.29 is 10.2 Å². The number of benzene rings is 2. The van der Waals surface area contributed by atoms with Crippen LogP contribution in [0.2, 0.25) is 0 Å². The number of aliphatic hydroxyl groups is 2. The molecule has 0 bridgehead atoms. The van der Waals surface area contributed by atoms with E-state index in [1.54, 1.807) is 0 Å². The van der Waals surface area contributed by atoms with Gasteiger partial charge in [-0.2, -0.15) is 0 Å². The number of hydrogen-bond acceptors (Lipinski definition) is 3. The average molecular weight is 324 g/mol. The highest BCUT2D eigenvalue weighted by Gasteiger charge is 2.24. The molecule has 3 aromatic rings. The summed E-state index contributed by atoms with van der Waals surface area (Å²) in [5, 5.41) is 22.4. The Hall–Kier alpha value is -1.88. The van der Waals surface area contributed by atoms with Crippen LogP contribution >= 0.6 is 0 Å². The highest BCUT2D eigenvalue weighted by Crippen LogP contribution is 2.29. The third kappa shape index (κ3) is 2.81. The minimum Gasteiger partial charge on any atom is -0.396 e. The van der Waals surface area contributed by atoms with E-state index in [1.165, 1.54) is 21.8 Å². The maximum absolute atomic E-state index is 10.6. The molecule has 2 atom stereocenters. The molecular formula is C20H24N2O2. The SMILES string of the molecule is OC[C@H]1CCN(C[C@@H](O)Cn2c3ccccc3c3ccccc32)C1. The molecule has 1 aliphatic rings. The summed E-state index contributed by atoms with van der Waals surface area (Å²) < 4.78 is 2.23. The van der Waals surface area contributed by atoms with Gasteiger partial charge >= 0.3 is 0 Å². The topological polar surface area (TPSA) is 48.6 Å². The van der Waals surface area contributed by atoms with Crippen molar-refractivity contribution >= 4 is 21.8 Å². The van der Waals surface area contributed by atoms with E-state index in [9.17, 15) is 10.2 Å². The number of hydrogen-bond donors (Lipinski definition) is 2. The van der Waals surface area contributed by atoms with E-state index < -0.39 is 6.10 Å². The molecule has 0 aliphatic carbocycles. The maximum atomic E-state index is 10.6. The molecular weight excluding hydrogens is 300 g/mol. The second-order valence-electron chi connectivity index (χ2n) is 6.90. The van der Waals surface area contributed by atoms with E-state index >= 15 is 0 Å². The third-order valence-corrected chi connectivity index (χ3v) is 5.17. The second kappa shape index (κ2) is 6.55. The number of nitrogens with zero attached hydrogens (tertiary/aromatic N) is 2. The number of para-hydroxylation sites is 2. The van der Waals surface area contributed by atoms with Crippen molar-refractivity contribution in [3.63, 3.8) is 0 Å². The molecule has 1 saturated heterocycles. The van der Waals surface area contributed by atoms with Gasteiger partial charge in [0, 0.05) is 41.5 Å². The smallest absolute Gasteiger partial charge is 0.0845 e. The Kier molecular flexibility index (Phi) is 4.27. The van der Waals surface area contributed by atoms with Crippen LogP contribution < -0.4 is 0 Å². The zero-order chi connectivity index (χ0) is 16.5. The second-order valence-corrected chi connectivity index (χ2v) is 6.90. The first-order valence-electron chi connectivity index (χ1n) is 8.73. The standard InChI is InChI=1S/C20H24N2O2/c23-14-15-9-10-21(11-15)12-16(24)13-22-19-7-3-1-5-17(19)18-6-2-4-8-20(18)22/h1-8,15-16,23-24H,9-14H2/t15-,16+/m0/s1. The van der Waals surface area contributed by atoms with Crippen LogP contribution in [0.4, 0.5) is 0 Å². The molecule has 0 unspecified atom stereocenters. The molecule has 0 saturated carbocycles. The lowest BCUT2D eigenvalue weighted by Crippen LogP contribution is -2.33. The van der Waals surface area contributed by atoms with E-state index in [0.717, 1.165) is 19.5 Å². The molecule has 4 heteroatoms. The van der Waals surface area contributed by atoms with Crippen molar-refractivity contribution in [1.29, 1.82) is 0 Å². The fourth-order valence-corrected chi connectivity index (χ4v) is 3.99. The van der Waals surface area contributed by atoms with Crippen LogP contribution in [0.25, 0.3) is 21.8 Å². The molecule has 1 fully saturated rings. The van der Waals surface area contributed by atoms with E-state index in [0.29, 0.717) is 19.0 Å². The number of aliphatic hydroxyl groups excluding tert-OH is 2. The number of likely N-dealkylation sites (tertiary alicyclic amines) is 1. The van der Waals surface area contributed by atoms with Gasteiger partial charge in [0.15, 0.2) is 0 Å². The minimum absolute atomic E-state index is 0.249. The first kappa shape index (κ1) is 15.6. The van der Waals surface area contributed by atoms with Crippen molar-refractivity contribution in [3.05, 3.63) is 48.5 Å². The van der Waals surface area contributed by atoms with Crippen molar-refractivity contribution in [1.82, 2.24) is 9.47 Å². The van der Waals surface area contributed by atoms with Gasteiger partial charge in [0.05, 0.1) is 12.6 Å². The maximum Gasteiger partial charge on any atom is 0.0845 e. The normalized spacial score (nSPS) is 20.2. The molecule has 2 heterocycles. The lowest BCUT2D eigenvalue weighted by Gasteiger charge is -2.21. The van der Waals surface area contributed by atoms with Crippen LogP contribution in [-0.4, -0.2) is 52.0 Å². The summed E-state index contributed by atoms with van der Waals surface area (Å²) in [5.41, 5.74) is 2.35. The summed E-state index contributed by atoms with van der Waals surface area (Å²) in [6, 6.07) is 16.8. The van der Waals surface area contributed by atoms with Gasteiger partial charge in [-0.3, -0.25) is 0 Å². The Morgan fingerprint density at radius 2 is 1.58 bits per heavy atom. The number of fused-ring (bicyclic) bond motifs is 3. The molecule has 0 radical (unpaired) electrons. The summed E-state index contributed by atoms with van der Waals surface area (Å²) in [6.07, 6.45) is 0.611. The summed E-state index contributed by atoms with van der Waals surface area (Å²) >= 11 is 0. The Labute approximate surface area is 141 Å². The highest BCUT2D eigenvalue weighted by atomic mass is 16.3. The fraction of sp³-hybridized carbons (Fsp3) is 0.400. The zero-order valence-corrected chi connectivity index (χ0v) is 13.8. The van der Waals surface area contributed by atoms with E-state index in [4.69, 9.17) is 0 Å². The largest absolute Gasteiger partial charge is 0.396 e. The lowest BCUT2D eigenvalue weighted by molar-refractivity contribution is 0.107. The van der Waals surface area contributed by atoms with Gasteiger partial charge in [0.2, 0.25) is 0 Å². The van der Waals surface area contributed by atoms with Crippen LogP contribution in [0, 0.1) is 5.92 Å². The molecule has 1 aliphatic heterocycles. The molecule has 0 spiro atoms. The molecule has 4 nitrogen and oxygen atoms in total. The van der Waals surface area contributed by atoms with Gasteiger partial charge < -0.3 is 19.7 Å². The van der Waals surface area contributed by atoms with Crippen LogP contribution in [0.5, 0.6) is 0 Å². The quantitative estimate of drug-likeness (QED) is 0.758. The van der Waals surface area contributed by atoms with Gasteiger partial charge in [-0.25, -0.2) is 0 Å². The van der Waals surface area contributed by atoms with Crippen molar-refractivity contribution in [3.8, 4) is 0 Å². The highest BCUT2D eigenvalue weighted by molar-refractivity contribution is 6.07. The first-order valence-corrected chi connectivity index (χ1v) is 8.73. The van der Waals surface area contributed by atoms with E-state index in [-0.39, 0.29) is 6.61 Å². The van der Waals surface area contributed by atoms with Gasteiger partial charge in [0.25, 0.3) is 0 Å². The number of aromatic nitrogens is 1. The molecule has 1 aromatic heterocycles. The predicted octanol–water partition coefficient (Wildman–Crippen LogP) is 2.47. The van der Waals surface area contributed by atoms with Crippen molar-refractivity contribution in [2.75, 3.05) is 26.2 Å². The molecule has 2 aromatic carbocycles. The fourth-order valence-electron chi connectivity index (χ4n) is 3.99. The first-order chi connectivity index (χ1) is 11.8.